The van der Waals surface area contributed by atoms with Gasteiger partial charge in [0.15, 0.2) is 6.10 Å². The summed E-state index contributed by atoms with van der Waals surface area (Å²) in [5.41, 5.74) is 0. The van der Waals surface area contributed by atoms with Crippen molar-refractivity contribution in [2.75, 3.05) is 13.2 Å². The fourth-order valence-electron chi connectivity index (χ4n) is 9.15. The van der Waals surface area contributed by atoms with E-state index in [1.54, 1.807) is 0 Å². The molecule has 0 heterocycles. The van der Waals surface area contributed by atoms with Crippen LogP contribution in [-0.2, 0) is 57.2 Å². The number of carbonyl (C=O) groups is 6. The summed E-state index contributed by atoms with van der Waals surface area (Å²) in [6.45, 7) is 16.8. The molecule has 0 aliphatic rings. The van der Waals surface area contributed by atoms with Gasteiger partial charge in [0.1, 0.15) is 31.5 Å². The number of hydrogen-bond donors (Lipinski definition) is 0. The molecule has 0 bridgehead atoms. The van der Waals surface area contributed by atoms with Crippen molar-refractivity contribution in [2.24, 2.45) is 0 Å². The predicted octanol–water partition coefficient (Wildman–Crippen LogP) is 16.9. The van der Waals surface area contributed by atoms with E-state index in [1.807, 2.05) is 0 Å². The molecular weight excluding hydrogens is 961 g/mol. The monoisotopic (exact) mass is 1070 g/mol. The summed E-state index contributed by atoms with van der Waals surface area (Å²) in [4.78, 5) is 74.6. The van der Waals surface area contributed by atoms with Gasteiger partial charge in [-0.3, -0.25) is 14.4 Å². The lowest BCUT2D eigenvalue weighted by atomic mass is 10.00. The molecule has 4 atom stereocenters. The average molecular weight is 1070 g/mol. The van der Waals surface area contributed by atoms with Crippen LogP contribution < -0.4 is 0 Å². The Hall–Kier alpha value is -4.22. The summed E-state index contributed by atoms with van der Waals surface area (Å²) in [5.74, 6) is -2.42. The predicted molar refractivity (Wildman–Crippen MR) is 307 cm³/mol. The second-order valence-corrected chi connectivity index (χ2v) is 20.8. The van der Waals surface area contributed by atoms with Crippen molar-refractivity contribution in [1.29, 1.82) is 0 Å². The largest absolute Gasteiger partial charge is 0.462 e. The number of unbranched alkanes of at least 4 members (excludes halogenated alkanes) is 25. The molecule has 0 amide bonds. The van der Waals surface area contributed by atoms with Gasteiger partial charge in [-0.1, -0.05) is 181 Å². The average Bonchev–Trinajstić information content (AvgIpc) is 3.41. The van der Waals surface area contributed by atoms with E-state index >= 15 is 0 Å². The zero-order valence-electron chi connectivity index (χ0n) is 48.6. The van der Waals surface area contributed by atoms with E-state index in [2.05, 4.69) is 52.7 Å². The van der Waals surface area contributed by atoms with E-state index in [9.17, 15) is 28.8 Å². The van der Waals surface area contributed by atoms with E-state index in [0.29, 0.717) is 32.1 Å². The number of ether oxygens (including phenoxy) is 6. The second-order valence-electron chi connectivity index (χ2n) is 20.8. The highest BCUT2D eigenvalue weighted by Crippen LogP contribution is 2.21. The third-order valence-electron chi connectivity index (χ3n) is 13.8. The first kappa shape index (κ1) is 71.8. The first-order valence-corrected chi connectivity index (χ1v) is 30.7. The molecular formula is C64H110O12. The fraction of sp³-hybridized carbons (Fsp3) is 0.781. The zero-order chi connectivity index (χ0) is 56.0. The minimum Gasteiger partial charge on any atom is -0.462 e. The Kier molecular flexibility index (Phi) is 51.1. The van der Waals surface area contributed by atoms with Crippen molar-refractivity contribution < 1.29 is 57.2 Å². The first-order chi connectivity index (χ1) is 37.0. The molecule has 0 rings (SSSR count). The smallest absolute Gasteiger partial charge is 0.330 e. The van der Waals surface area contributed by atoms with Gasteiger partial charge < -0.3 is 28.4 Å². The van der Waals surface area contributed by atoms with Gasteiger partial charge in [-0.25, -0.2) is 14.4 Å². The normalized spacial score (nSPS) is 12.8. The number of rotatable bonds is 56. The highest BCUT2D eigenvalue weighted by atomic mass is 16.6. The molecule has 0 saturated carbocycles. The van der Waals surface area contributed by atoms with Crippen LogP contribution in [0.1, 0.15) is 284 Å². The third kappa shape index (κ3) is 48.2. The quantitative estimate of drug-likeness (QED) is 0.0187. The van der Waals surface area contributed by atoms with Crippen LogP contribution in [0.2, 0.25) is 0 Å². The van der Waals surface area contributed by atoms with Gasteiger partial charge in [0.05, 0.1) is 0 Å². The summed E-state index contributed by atoms with van der Waals surface area (Å²) < 4.78 is 33.7. The number of allylic oxidation sites excluding steroid dienone is 2. The molecule has 12 nitrogen and oxygen atoms in total. The van der Waals surface area contributed by atoms with Gasteiger partial charge >= 0.3 is 35.8 Å². The second kappa shape index (κ2) is 54.1. The van der Waals surface area contributed by atoms with Gasteiger partial charge in [-0.15, -0.1) is 0 Å². The number of esters is 6. The Morgan fingerprint density at radius 1 is 0.316 bits per heavy atom. The zero-order valence-corrected chi connectivity index (χ0v) is 48.6. The Morgan fingerprint density at radius 2 is 0.592 bits per heavy atom. The summed E-state index contributed by atoms with van der Waals surface area (Å²) in [7, 11) is 0. The molecule has 0 aromatic carbocycles. The fourth-order valence-corrected chi connectivity index (χ4v) is 9.15. The Morgan fingerprint density at radius 3 is 0.961 bits per heavy atom. The number of hydrogen-bond acceptors (Lipinski definition) is 12. The lowest BCUT2D eigenvalue weighted by Crippen LogP contribution is -2.30. The van der Waals surface area contributed by atoms with Gasteiger partial charge in [0, 0.05) is 37.5 Å². The molecule has 0 fully saturated rings. The maximum atomic E-state index is 13.1. The van der Waals surface area contributed by atoms with Crippen molar-refractivity contribution in [1.82, 2.24) is 0 Å². The molecule has 4 unspecified atom stereocenters. The molecule has 76 heavy (non-hydrogen) atoms. The van der Waals surface area contributed by atoms with Crippen molar-refractivity contribution in [3.05, 3.63) is 50.1 Å². The van der Waals surface area contributed by atoms with E-state index in [4.69, 9.17) is 28.4 Å². The van der Waals surface area contributed by atoms with E-state index in [-0.39, 0.29) is 68.7 Å². The van der Waals surface area contributed by atoms with E-state index in [1.165, 1.54) is 76.0 Å². The van der Waals surface area contributed by atoms with Crippen LogP contribution in [0.5, 0.6) is 0 Å². The molecule has 0 N–H and O–H groups in total. The topological polar surface area (TPSA) is 158 Å². The molecule has 438 valence electrons. The maximum Gasteiger partial charge on any atom is 0.330 e. The van der Waals surface area contributed by atoms with Gasteiger partial charge in [0.2, 0.25) is 0 Å². The van der Waals surface area contributed by atoms with Gasteiger partial charge in [-0.05, 0) is 116 Å². The molecule has 12 heteroatoms. The summed E-state index contributed by atoms with van der Waals surface area (Å²) in [6.07, 6.45) is 45.1. The van der Waals surface area contributed by atoms with Crippen molar-refractivity contribution in [3.63, 3.8) is 0 Å². The molecule has 0 aromatic rings. The van der Waals surface area contributed by atoms with Gasteiger partial charge in [0.25, 0.3) is 0 Å². The molecule has 0 aliphatic heterocycles. The summed E-state index contributed by atoms with van der Waals surface area (Å²) in [5, 5.41) is 0. The lowest BCUT2D eigenvalue weighted by Gasteiger charge is -2.20. The van der Waals surface area contributed by atoms with Crippen molar-refractivity contribution in [3.8, 4) is 0 Å². The van der Waals surface area contributed by atoms with E-state index < -0.39 is 24.0 Å². The van der Waals surface area contributed by atoms with Crippen LogP contribution in [0.4, 0.5) is 0 Å². The van der Waals surface area contributed by atoms with Crippen LogP contribution in [0.25, 0.3) is 0 Å². The molecule has 0 spiro atoms. The van der Waals surface area contributed by atoms with Crippen LogP contribution in [0.15, 0.2) is 50.1 Å². The molecule has 0 aromatic heterocycles. The third-order valence-corrected chi connectivity index (χ3v) is 13.8. The summed E-state index contributed by atoms with van der Waals surface area (Å²) in [6, 6.07) is 0. The highest BCUT2D eigenvalue weighted by Gasteiger charge is 2.21. The Labute approximate surface area is 463 Å². The summed E-state index contributed by atoms with van der Waals surface area (Å²) >= 11 is 0. The highest BCUT2D eigenvalue weighted by molar-refractivity contribution is 5.82. The molecule has 0 radical (unpaired) electrons. The minimum atomic E-state index is -0.903. The van der Waals surface area contributed by atoms with Crippen LogP contribution in [0.3, 0.4) is 0 Å². The lowest BCUT2D eigenvalue weighted by molar-refractivity contribution is -0.167. The molecule has 0 saturated heterocycles. The molecule has 0 aliphatic carbocycles. The Balaban J connectivity index is 4.99. The minimum absolute atomic E-state index is 0.0954. The van der Waals surface area contributed by atoms with Crippen LogP contribution in [-0.4, -0.2) is 73.4 Å². The van der Waals surface area contributed by atoms with Crippen LogP contribution >= 0.6 is 0 Å². The standard InChI is InChI=1S/C64H110O12/c1-7-13-16-18-20-21-22-23-24-25-27-33-40-50-62(68)71-53-58(54-72-63(69)51-41-34-28-31-38-46-55(73-59(65)10-4)45-37-30-26-19-17-14-8-2)76-64(70)52-42-35-29-32-39-47-57(75-61(67)12-6)49-43-48-56(44-36-15-9-3)74-60(66)11-5/h10-12,21-22,55-58H,4-9,13-20,23-54H2,1-3H3/b22-21+. The Bertz CT molecular complexity index is 1520. The first-order valence-electron chi connectivity index (χ1n) is 30.7. The number of carbonyl (C=O) groups excluding carboxylic acids is 6. The van der Waals surface area contributed by atoms with Crippen LogP contribution in [0, 0.1) is 0 Å². The van der Waals surface area contributed by atoms with Crippen molar-refractivity contribution >= 4 is 35.8 Å². The maximum absolute atomic E-state index is 13.1. The van der Waals surface area contributed by atoms with Gasteiger partial charge in [-0.2, -0.15) is 0 Å². The van der Waals surface area contributed by atoms with E-state index in [0.717, 1.165) is 154 Å². The SMILES string of the molecule is C=CC(=O)OC(CCCCCCCCC)CCCCCCCC(=O)OCC(COC(=O)CCCCCCC/C=C/CCCCCC)OC(=O)CCCCCCCC(CCCC(CCCCC)OC(=O)C=C)OC(=O)C=C. The van der Waals surface area contributed by atoms with Crippen molar-refractivity contribution in [2.45, 2.75) is 308 Å².